The number of hydrogen-bond acceptors (Lipinski definition) is 3. The Labute approximate surface area is 98.8 Å². The molecule has 0 aromatic carbocycles. The van der Waals surface area contributed by atoms with E-state index in [0.29, 0.717) is 6.10 Å². The molecule has 1 saturated heterocycles. The van der Waals surface area contributed by atoms with Crippen molar-refractivity contribution >= 4 is 0 Å². The van der Waals surface area contributed by atoms with Gasteiger partial charge >= 0.3 is 0 Å². The predicted octanol–water partition coefficient (Wildman–Crippen LogP) is 1.65. The minimum absolute atomic E-state index is 0.319. The molecule has 1 heterocycles. The molecule has 94 valence electrons. The van der Waals surface area contributed by atoms with Crippen LogP contribution in [-0.4, -0.2) is 48.0 Å². The highest BCUT2D eigenvalue weighted by Crippen LogP contribution is 2.32. The summed E-state index contributed by atoms with van der Waals surface area (Å²) in [5.74, 6) is 0.795. The zero-order valence-corrected chi connectivity index (χ0v) is 10.6. The minimum Gasteiger partial charge on any atom is -0.389 e. The molecule has 0 bridgehead atoms. The fourth-order valence-corrected chi connectivity index (χ4v) is 2.91. The first-order valence-electron chi connectivity index (χ1n) is 6.64. The van der Waals surface area contributed by atoms with E-state index in [0.717, 1.165) is 45.0 Å². The van der Waals surface area contributed by atoms with Crippen LogP contribution in [0.15, 0.2) is 0 Å². The van der Waals surface area contributed by atoms with Gasteiger partial charge in [0.2, 0.25) is 0 Å². The van der Waals surface area contributed by atoms with Gasteiger partial charge in [-0.1, -0.05) is 6.92 Å². The summed E-state index contributed by atoms with van der Waals surface area (Å²) in [6, 6.07) is 0. The largest absolute Gasteiger partial charge is 0.389 e. The Morgan fingerprint density at radius 2 is 2.00 bits per heavy atom. The molecule has 3 heteroatoms. The molecule has 2 fully saturated rings. The van der Waals surface area contributed by atoms with Gasteiger partial charge in [-0.05, 0) is 38.5 Å². The minimum atomic E-state index is -0.427. The lowest BCUT2D eigenvalue weighted by Crippen LogP contribution is -2.50. The maximum atomic E-state index is 10.5. The molecule has 0 amide bonds. The van der Waals surface area contributed by atoms with Crippen LogP contribution in [0.5, 0.6) is 0 Å². The van der Waals surface area contributed by atoms with Crippen molar-refractivity contribution in [3.63, 3.8) is 0 Å². The zero-order valence-electron chi connectivity index (χ0n) is 10.6. The highest BCUT2D eigenvalue weighted by Gasteiger charge is 2.34. The lowest BCUT2D eigenvalue weighted by Gasteiger charge is -2.41. The van der Waals surface area contributed by atoms with Crippen LogP contribution in [0.1, 0.15) is 39.5 Å². The van der Waals surface area contributed by atoms with E-state index in [2.05, 4.69) is 18.7 Å². The predicted molar refractivity (Wildman–Crippen MR) is 64.4 cm³/mol. The van der Waals surface area contributed by atoms with Gasteiger partial charge in [0.15, 0.2) is 0 Å². The molecule has 1 aliphatic heterocycles. The van der Waals surface area contributed by atoms with Gasteiger partial charge in [-0.25, -0.2) is 0 Å². The summed E-state index contributed by atoms with van der Waals surface area (Å²) in [7, 11) is 0. The lowest BCUT2D eigenvalue weighted by atomic mass is 9.79. The molecule has 1 atom stereocenters. The average molecular weight is 227 g/mol. The van der Waals surface area contributed by atoms with Gasteiger partial charge < -0.3 is 9.84 Å². The summed E-state index contributed by atoms with van der Waals surface area (Å²) in [6.45, 7) is 8.00. The van der Waals surface area contributed by atoms with E-state index in [1.807, 2.05) is 0 Å². The van der Waals surface area contributed by atoms with E-state index < -0.39 is 5.60 Å². The first kappa shape index (κ1) is 12.3. The highest BCUT2D eigenvalue weighted by molar-refractivity contribution is 4.88. The maximum Gasteiger partial charge on any atom is 0.0774 e. The van der Waals surface area contributed by atoms with Crippen LogP contribution < -0.4 is 0 Å². The molecule has 2 rings (SSSR count). The Kier molecular flexibility index (Phi) is 3.88. The number of aliphatic hydroxyl groups is 1. The van der Waals surface area contributed by atoms with Crippen molar-refractivity contribution in [3.05, 3.63) is 0 Å². The van der Waals surface area contributed by atoms with Crippen molar-refractivity contribution in [3.8, 4) is 0 Å². The van der Waals surface area contributed by atoms with E-state index in [1.165, 1.54) is 12.8 Å². The van der Waals surface area contributed by atoms with E-state index >= 15 is 0 Å². The zero-order chi connectivity index (χ0) is 11.6. The second kappa shape index (κ2) is 5.03. The van der Waals surface area contributed by atoms with Gasteiger partial charge in [-0.2, -0.15) is 0 Å². The van der Waals surface area contributed by atoms with Crippen LogP contribution in [0.3, 0.4) is 0 Å². The van der Waals surface area contributed by atoms with Crippen LogP contribution in [0.2, 0.25) is 0 Å². The van der Waals surface area contributed by atoms with Crippen molar-refractivity contribution in [1.82, 2.24) is 4.90 Å². The Morgan fingerprint density at radius 3 is 2.62 bits per heavy atom. The number of nitrogens with zero attached hydrogens (tertiary/aromatic N) is 1. The topological polar surface area (TPSA) is 32.7 Å². The molecule has 1 N–H and O–H groups in total. The fourth-order valence-electron chi connectivity index (χ4n) is 2.91. The summed E-state index contributed by atoms with van der Waals surface area (Å²) in [6.07, 6.45) is 4.62. The van der Waals surface area contributed by atoms with Crippen LogP contribution in [0.25, 0.3) is 0 Å². The van der Waals surface area contributed by atoms with E-state index in [-0.39, 0.29) is 0 Å². The number of ether oxygens (including phenoxy) is 1. The summed E-state index contributed by atoms with van der Waals surface area (Å²) < 4.78 is 5.52. The highest BCUT2D eigenvalue weighted by atomic mass is 16.5. The van der Waals surface area contributed by atoms with Crippen LogP contribution in [0.4, 0.5) is 0 Å². The number of morpholine rings is 1. The third kappa shape index (κ3) is 3.19. The standard InChI is InChI=1S/C13H25NO2/c1-11-3-5-13(15,6-4-11)10-14-7-8-16-12(2)9-14/h11-12,15H,3-10H2,1-2H3. The fraction of sp³-hybridized carbons (Fsp3) is 1.00. The van der Waals surface area contributed by atoms with Crippen LogP contribution in [0, 0.1) is 5.92 Å². The Morgan fingerprint density at radius 1 is 1.31 bits per heavy atom. The molecule has 0 spiro atoms. The normalized spacial score (nSPS) is 42.2. The van der Waals surface area contributed by atoms with E-state index in [1.54, 1.807) is 0 Å². The molecular formula is C13H25NO2. The molecule has 2 aliphatic rings. The Hall–Kier alpha value is -0.120. The van der Waals surface area contributed by atoms with Gasteiger partial charge in [0.05, 0.1) is 18.3 Å². The summed E-state index contributed by atoms with van der Waals surface area (Å²) in [4.78, 5) is 2.37. The molecule has 1 saturated carbocycles. The van der Waals surface area contributed by atoms with Gasteiger partial charge in [-0.15, -0.1) is 0 Å². The lowest BCUT2D eigenvalue weighted by molar-refractivity contribution is -0.0747. The summed E-state index contributed by atoms with van der Waals surface area (Å²) in [5.41, 5.74) is -0.427. The molecule has 1 aliphatic carbocycles. The maximum absolute atomic E-state index is 10.5. The monoisotopic (exact) mass is 227 g/mol. The quantitative estimate of drug-likeness (QED) is 0.778. The Bertz CT molecular complexity index is 224. The molecule has 3 nitrogen and oxygen atoms in total. The SMILES string of the molecule is CC1CCC(O)(CN2CCOC(C)C2)CC1. The van der Waals surface area contributed by atoms with Crippen molar-refractivity contribution in [2.24, 2.45) is 5.92 Å². The van der Waals surface area contributed by atoms with Crippen LogP contribution in [-0.2, 0) is 4.74 Å². The molecule has 0 aromatic heterocycles. The third-order valence-electron chi connectivity index (χ3n) is 4.05. The van der Waals surface area contributed by atoms with Crippen molar-refractivity contribution < 1.29 is 9.84 Å². The van der Waals surface area contributed by atoms with Gasteiger partial charge in [0.25, 0.3) is 0 Å². The van der Waals surface area contributed by atoms with Crippen molar-refractivity contribution in [1.29, 1.82) is 0 Å². The first-order valence-corrected chi connectivity index (χ1v) is 6.64. The summed E-state index contributed by atoms with van der Waals surface area (Å²) in [5, 5.41) is 10.5. The van der Waals surface area contributed by atoms with Gasteiger partial charge in [-0.3, -0.25) is 4.90 Å². The molecule has 16 heavy (non-hydrogen) atoms. The van der Waals surface area contributed by atoms with Gasteiger partial charge in [0.1, 0.15) is 0 Å². The second-order valence-corrected chi connectivity index (χ2v) is 5.82. The average Bonchev–Trinajstić information content (AvgIpc) is 2.23. The molecular weight excluding hydrogens is 202 g/mol. The van der Waals surface area contributed by atoms with E-state index in [9.17, 15) is 5.11 Å². The van der Waals surface area contributed by atoms with E-state index in [4.69, 9.17) is 4.74 Å². The Balaban J connectivity index is 1.83. The van der Waals surface area contributed by atoms with Gasteiger partial charge in [0, 0.05) is 19.6 Å². The number of β-amino-alcohol motifs (C(OH)–C–C–N with tert-alkyl or cyclic N) is 1. The molecule has 0 aromatic rings. The third-order valence-corrected chi connectivity index (χ3v) is 4.05. The van der Waals surface area contributed by atoms with Crippen molar-refractivity contribution in [2.45, 2.75) is 51.2 Å². The smallest absolute Gasteiger partial charge is 0.0774 e. The molecule has 1 unspecified atom stereocenters. The second-order valence-electron chi connectivity index (χ2n) is 5.82. The summed E-state index contributed by atoms with van der Waals surface area (Å²) >= 11 is 0. The number of rotatable bonds is 2. The number of hydrogen-bond donors (Lipinski definition) is 1. The molecule has 0 radical (unpaired) electrons. The van der Waals surface area contributed by atoms with Crippen molar-refractivity contribution in [2.75, 3.05) is 26.2 Å². The van der Waals surface area contributed by atoms with Crippen LogP contribution >= 0.6 is 0 Å². The first-order chi connectivity index (χ1) is 7.57.